The molecule has 0 aromatic rings. The highest BCUT2D eigenvalue weighted by Gasteiger charge is 2.49. The van der Waals surface area contributed by atoms with E-state index in [9.17, 15) is 30.6 Å². The summed E-state index contributed by atoms with van der Waals surface area (Å²) in [6.07, 6.45) is -14.3. The molecule has 0 bridgehead atoms. The molecule has 0 saturated carbocycles. The highest BCUT2D eigenvalue weighted by Crippen LogP contribution is 2.28. The van der Waals surface area contributed by atoms with Crippen molar-refractivity contribution in [2.45, 2.75) is 68.3 Å². The Morgan fingerprint density at radius 2 is 1.45 bits per heavy atom. The van der Waals surface area contributed by atoms with Gasteiger partial charge in [0.1, 0.15) is 42.7 Å². The van der Waals surface area contributed by atoms with Crippen molar-refractivity contribution in [1.82, 2.24) is 0 Å². The molecular weight excluding hydrogens is 304 g/mol. The van der Waals surface area contributed by atoms with Gasteiger partial charge in [-0.3, -0.25) is 0 Å². The van der Waals surface area contributed by atoms with E-state index in [0.29, 0.717) is 0 Å². The van der Waals surface area contributed by atoms with E-state index >= 15 is 0 Å². The monoisotopic (exact) mass is 326 g/mol. The molecule has 2 aliphatic rings. The molecule has 10 atom stereocenters. The van der Waals surface area contributed by atoms with Gasteiger partial charge < -0.3 is 50.0 Å². The van der Waals surface area contributed by atoms with Gasteiger partial charge >= 0.3 is 0 Å². The van der Waals surface area contributed by atoms with Crippen LogP contribution in [0.15, 0.2) is 0 Å². The maximum Gasteiger partial charge on any atom is 0.187 e. The van der Waals surface area contributed by atoms with Crippen molar-refractivity contribution < 1.29 is 50.0 Å². The fourth-order valence-corrected chi connectivity index (χ4v) is 2.51. The minimum Gasteiger partial charge on any atom is -0.394 e. The average Bonchev–Trinajstić information content (AvgIpc) is 2.49. The van der Waals surface area contributed by atoms with Gasteiger partial charge in [-0.05, 0) is 6.92 Å². The van der Waals surface area contributed by atoms with E-state index in [2.05, 4.69) is 0 Å². The molecule has 22 heavy (non-hydrogen) atoms. The molecule has 2 saturated heterocycles. The number of aliphatic hydroxyl groups is 7. The average molecular weight is 326 g/mol. The summed E-state index contributed by atoms with van der Waals surface area (Å²) in [7, 11) is 0. The summed E-state index contributed by atoms with van der Waals surface area (Å²) in [4.78, 5) is 0. The van der Waals surface area contributed by atoms with Crippen molar-refractivity contribution in [2.75, 3.05) is 6.61 Å². The molecule has 0 amide bonds. The maximum atomic E-state index is 9.96. The van der Waals surface area contributed by atoms with Crippen LogP contribution in [-0.4, -0.2) is 104 Å². The predicted octanol–water partition coefficient (Wildman–Crippen LogP) is -4.37. The number of hydrogen-bond acceptors (Lipinski definition) is 10. The van der Waals surface area contributed by atoms with Gasteiger partial charge in [0.15, 0.2) is 12.6 Å². The van der Waals surface area contributed by atoms with Crippen LogP contribution in [0.3, 0.4) is 0 Å². The van der Waals surface area contributed by atoms with Crippen LogP contribution >= 0.6 is 0 Å². The molecule has 0 aromatic heterocycles. The van der Waals surface area contributed by atoms with Crippen LogP contribution in [-0.2, 0) is 14.2 Å². The molecule has 6 unspecified atom stereocenters. The first-order valence-electron chi connectivity index (χ1n) is 6.93. The molecular formula is C12H22O10. The molecule has 0 radical (unpaired) electrons. The molecule has 0 aromatic carbocycles. The third-order valence-electron chi connectivity index (χ3n) is 3.94. The summed E-state index contributed by atoms with van der Waals surface area (Å²) in [5, 5.41) is 67.6. The second-order valence-corrected chi connectivity index (χ2v) is 5.51. The highest BCUT2D eigenvalue weighted by molar-refractivity contribution is 4.92. The molecule has 2 aliphatic heterocycles. The SMILES string of the molecule is CC1O[C@@H](O)C(O)C(O[C@H]2OC(CO)[C@@H](O)C(O)C2O)[C@H]1O. The van der Waals surface area contributed by atoms with E-state index in [1.54, 1.807) is 0 Å². The highest BCUT2D eigenvalue weighted by atomic mass is 16.7. The Morgan fingerprint density at radius 3 is 2.05 bits per heavy atom. The predicted molar refractivity (Wildman–Crippen MR) is 67.2 cm³/mol. The largest absolute Gasteiger partial charge is 0.394 e. The fourth-order valence-electron chi connectivity index (χ4n) is 2.51. The summed E-state index contributed by atoms with van der Waals surface area (Å²) in [5.41, 5.74) is 0. The maximum absolute atomic E-state index is 9.96. The van der Waals surface area contributed by atoms with Crippen LogP contribution < -0.4 is 0 Å². The summed E-state index contributed by atoms with van der Waals surface area (Å²) < 4.78 is 15.3. The molecule has 10 heteroatoms. The van der Waals surface area contributed by atoms with Crippen LogP contribution in [0.2, 0.25) is 0 Å². The van der Waals surface area contributed by atoms with Gasteiger partial charge in [0, 0.05) is 0 Å². The van der Waals surface area contributed by atoms with E-state index in [0.717, 1.165) is 0 Å². The normalized spacial score (nSPS) is 53.5. The Balaban J connectivity index is 2.10. The van der Waals surface area contributed by atoms with Crippen molar-refractivity contribution >= 4 is 0 Å². The van der Waals surface area contributed by atoms with Crippen molar-refractivity contribution in [3.05, 3.63) is 0 Å². The quantitative estimate of drug-likeness (QED) is 0.269. The van der Waals surface area contributed by atoms with Gasteiger partial charge in [0.25, 0.3) is 0 Å². The fraction of sp³-hybridized carbons (Fsp3) is 1.00. The van der Waals surface area contributed by atoms with E-state index in [-0.39, 0.29) is 0 Å². The van der Waals surface area contributed by atoms with Crippen LogP contribution in [0.25, 0.3) is 0 Å². The first kappa shape index (κ1) is 17.9. The molecule has 2 heterocycles. The molecule has 0 aliphatic carbocycles. The molecule has 7 N–H and O–H groups in total. The van der Waals surface area contributed by atoms with Crippen LogP contribution in [0, 0.1) is 0 Å². The van der Waals surface area contributed by atoms with Crippen LogP contribution in [0.4, 0.5) is 0 Å². The summed E-state index contributed by atoms with van der Waals surface area (Å²) in [6.45, 7) is 0.812. The topological polar surface area (TPSA) is 169 Å². The van der Waals surface area contributed by atoms with Gasteiger partial charge in [0.05, 0.1) is 12.7 Å². The standard InChI is InChI=1S/C12H22O10/c1-3-5(14)10(9(18)11(19)20-3)22-12-8(17)7(16)6(15)4(2-13)21-12/h3-19H,2H2,1H3/t3?,4?,5-,6+,7?,8?,9?,10?,11+,12+/m0/s1. The zero-order valence-corrected chi connectivity index (χ0v) is 11.8. The minimum atomic E-state index is -1.67. The second kappa shape index (κ2) is 7.01. The smallest absolute Gasteiger partial charge is 0.187 e. The molecule has 2 fully saturated rings. The van der Waals surface area contributed by atoms with Crippen molar-refractivity contribution in [3.63, 3.8) is 0 Å². The van der Waals surface area contributed by atoms with Gasteiger partial charge in [0.2, 0.25) is 0 Å². The summed E-state index contributed by atoms with van der Waals surface area (Å²) in [5.74, 6) is 0. The number of aliphatic hydroxyl groups excluding tert-OH is 7. The Hall–Kier alpha value is -0.400. The Bertz CT molecular complexity index is 352. The van der Waals surface area contributed by atoms with Gasteiger partial charge in [-0.15, -0.1) is 0 Å². The van der Waals surface area contributed by atoms with Gasteiger partial charge in [-0.25, -0.2) is 0 Å². The van der Waals surface area contributed by atoms with E-state index in [4.69, 9.17) is 19.3 Å². The van der Waals surface area contributed by atoms with Crippen LogP contribution in [0.5, 0.6) is 0 Å². The van der Waals surface area contributed by atoms with E-state index in [1.807, 2.05) is 0 Å². The number of rotatable bonds is 3. The van der Waals surface area contributed by atoms with Crippen molar-refractivity contribution in [2.24, 2.45) is 0 Å². The zero-order chi connectivity index (χ0) is 16.6. The van der Waals surface area contributed by atoms with Crippen molar-refractivity contribution in [3.8, 4) is 0 Å². The van der Waals surface area contributed by atoms with Gasteiger partial charge in [-0.2, -0.15) is 0 Å². The lowest BCUT2D eigenvalue weighted by atomic mass is 9.97. The van der Waals surface area contributed by atoms with Crippen molar-refractivity contribution in [1.29, 1.82) is 0 Å². The summed E-state index contributed by atoms with van der Waals surface area (Å²) >= 11 is 0. The van der Waals surface area contributed by atoms with Crippen LogP contribution in [0.1, 0.15) is 6.92 Å². The van der Waals surface area contributed by atoms with Gasteiger partial charge in [-0.1, -0.05) is 0 Å². The lowest BCUT2D eigenvalue weighted by Crippen LogP contribution is -2.63. The molecule has 0 spiro atoms. The number of ether oxygens (including phenoxy) is 3. The second-order valence-electron chi connectivity index (χ2n) is 5.51. The third kappa shape index (κ3) is 3.26. The molecule has 10 nitrogen and oxygen atoms in total. The first-order chi connectivity index (χ1) is 10.3. The summed E-state index contributed by atoms with van der Waals surface area (Å²) in [6, 6.07) is 0. The molecule has 130 valence electrons. The lowest BCUT2D eigenvalue weighted by Gasteiger charge is -2.44. The minimum absolute atomic E-state index is 0.636. The first-order valence-corrected chi connectivity index (χ1v) is 6.93. The Kier molecular flexibility index (Phi) is 5.72. The Labute approximate surface area is 126 Å². The molecule has 2 rings (SSSR count). The lowest BCUT2D eigenvalue weighted by molar-refractivity contribution is -0.353. The van der Waals surface area contributed by atoms with E-state index in [1.165, 1.54) is 6.92 Å². The number of hydrogen-bond donors (Lipinski definition) is 7. The Morgan fingerprint density at radius 1 is 0.818 bits per heavy atom. The van der Waals surface area contributed by atoms with E-state index < -0.39 is 68.0 Å². The zero-order valence-electron chi connectivity index (χ0n) is 11.8. The third-order valence-corrected chi connectivity index (χ3v) is 3.94.